The van der Waals surface area contributed by atoms with E-state index in [1.54, 1.807) is 12.1 Å². The SMILES string of the molecule is CO[C@@H](CNC(=O)Nc1c(F)cccc1F)c1ccco1. The van der Waals surface area contributed by atoms with Gasteiger partial charge in [0.2, 0.25) is 0 Å². The lowest BCUT2D eigenvalue weighted by atomic mass is 10.2. The molecule has 2 amide bonds. The van der Waals surface area contributed by atoms with Gasteiger partial charge in [0.1, 0.15) is 29.2 Å². The first-order valence-corrected chi connectivity index (χ1v) is 6.17. The van der Waals surface area contributed by atoms with E-state index >= 15 is 0 Å². The molecule has 1 aromatic heterocycles. The van der Waals surface area contributed by atoms with Crippen LogP contribution in [0.25, 0.3) is 0 Å². The maximum absolute atomic E-state index is 13.4. The first-order chi connectivity index (χ1) is 10.1. The van der Waals surface area contributed by atoms with Crippen molar-refractivity contribution >= 4 is 11.7 Å². The van der Waals surface area contributed by atoms with Gasteiger partial charge < -0.3 is 19.8 Å². The largest absolute Gasteiger partial charge is 0.467 e. The lowest BCUT2D eigenvalue weighted by Crippen LogP contribution is -2.33. The van der Waals surface area contributed by atoms with Crippen LogP contribution in [-0.4, -0.2) is 19.7 Å². The molecule has 0 fully saturated rings. The Morgan fingerprint density at radius 3 is 2.57 bits per heavy atom. The first-order valence-electron chi connectivity index (χ1n) is 6.17. The number of benzene rings is 1. The molecule has 21 heavy (non-hydrogen) atoms. The zero-order valence-electron chi connectivity index (χ0n) is 11.2. The highest BCUT2D eigenvalue weighted by Crippen LogP contribution is 2.18. The maximum Gasteiger partial charge on any atom is 0.319 e. The fraction of sp³-hybridized carbons (Fsp3) is 0.214. The van der Waals surface area contributed by atoms with Gasteiger partial charge in [0.15, 0.2) is 0 Å². The van der Waals surface area contributed by atoms with Gasteiger partial charge >= 0.3 is 6.03 Å². The van der Waals surface area contributed by atoms with Crippen molar-refractivity contribution in [3.8, 4) is 0 Å². The monoisotopic (exact) mass is 296 g/mol. The summed E-state index contributed by atoms with van der Waals surface area (Å²) in [6.45, 7) is 0.0892. The van der Waals surface area contributed by atoms with E-state index in [4.69, 9.17) is 9.15 Å². The van der Waals surface area contributed by atoms with Crippen molar-refractivity contribution in [3.63, 3.8) is 0 Å². The summed E-state index contributed by atoms with van der Waals surface area (Å²) in [5, 5.41) is 4.57. The number of anilines is 1. The Morgan fingerprint density at radius 2 is 2.00 bits per heavy atom. The molecule has 2 rings (SSSR count). The van der Waals surface area contributed by atoms with E-state index in [1.807, 2.05) is 0 Å². The van der Waals surface area contributed by atoms with E-state index in [2.05, 4.69) is 10.6 Å². The topological polar surface area (TPSA) is 63.5 Å². The second kappa shape index (κ2) is 6.85. The van der Waals surface area contributed by atoms with Gasteiger partial charge in [-0.25, -0.2) is 13.6 Å². The Hall–Kier alpha value is -2.41. The molecule has 0 aliphatic carbocycles. The lowest BCUT2D eigenvalue weighted by Gasteiger charge is -2.14. The van der Waals surface area contributed by atoms with Crippen LogP contribution in [0.1, 0.15) is 11.9 Å². The highest BCUT2D eigenvalue weighted by Gasteiger charge is 2.16. The number of amides is 2. The number of furan rings is 1. The molecule has 0 saturated heterocycles. The van der Waals surface area contributed by atoms with Crippen molar-refractivity contribution < 1.29 is 22.7 Å². The highest BCUT2D eigenvalue weighted by atomic mass is 19.1. The van der Waals surface area contributed by atoms with E-state index in [9.17, 15) is 13.6 Å². The average molecular weight is 296 g/mol. The third-order valence-electron chi connectivity index (χ3n) is 2.79. The molecule has 0 aliphatic heterocycles. The van der Waals surface area contributed by atoms with E-state index < -0.39 is 29.5 Å². The molecule has 1 heterocycles. The minimum Gasteiger partial charge on any atom is -0.467 e. The number of nitrogens with one attached hydrogen (secondary N) is 2. The summed E-state index contributed by atoms with van der Waals surface area (Å²) in [5.74, 6) is -1.16. The van der Waals surface area contributed by atoms with Crippen LogP contribution in [0.15, 0.2) is 41.0 Å². The number of urea groups is 1. The molecule has 7 heteroatoms. The minimum atomic E-state index is -0.848. The van der Waals surface area contributed by atoms with Crippen LogP contribution in [0.5, 0.6) is 0 Å². The number of hydrogen-bond acceptors (Lipinski definition) is 3. The summed E-state index contributed by atoms with van der Waals surface area (Å²) in [5.41, 5.74) is -0.498. The second-order valence-corrected chi connectivity index (χ2v) is 4.17. The first kappa shape index (κ1) is 15.0. The zero-order valence-corrected chi connectivity index (χ0v) is 11.2. The predicted molar refractivity (Wildman–Crippen MR) is 71.8 cm³/mol. The van der Waals surface area contributed by atoms with Crippen LogP contribution >= 0.6 is 0 Å². The van der Waals surface area contributed by atoms with Gasteiger partial charge in [0, 0.05) is 7.11 Å². The summed E-state index contributed by atoms with van der Waals surface area (Å²) < 4.78 is 37.1. The number of ether oxygens (including phenoxy) is 1. The summed E-state index contributed by atoms with van der Waals surface area (Å²) in [6, 6.07) is 5.97. The Labute approximate surface area is 119 Å². The molecule has 0 bridgehead atoms. The summed E-state index contributed by atoms with van der Waals surface area (Å²) >= 11 is 0. The number of carbonyl (C=O) groups excluding carboxylic acids is 1. The molecule has 2 N–H and O–H groups in total. The number of halogens is 2. The van der Waals surface area contributed by atoms with Crippen LogP contribution in [0.4, 0.5) is 19.3 Å². The fourth-order valence-corrected chi connectivity index (χ4v) is 1.73. The van der Waals surface area contributed by atoms with Gasteiger partial charge in [0.05, 0.1) is 12.8 Å². The standard InChI is InChI=1S/C14H14F2N2O3/c1-20-12(11-6-3-7-21-11)8-17-14(19)18-13-9(15)4-2-5-10(13)16/h2-7,12H,8H2,1H3,(H2,17,18,19)/t12-/m0/s1. The number of hydrogen-bond donors (Lipinski definition) is 2. The smallest absolute Gasteiger partial charge is 0.319 e. The molecular weight excluding hydrogens is 282 g/mol. The molecule has 2 aromatic rings. The zero-order chi connectivity index (χ0) is 15.2. The Kier molecular flexibility index (Phi) is 4.89. The summed E-state index contributed by atoms with van der Waals surface area (Å²) in [7, 11) is 1.46. The van der Waals surface area contributed by atoms with Gasteiger partial charge in [0.25, 0.3) is 0 Å². The van der Waals surface area contributed by atoms with Crippen molar-refractivity contribution in [1.29, 1.82) is 0 Å². The van der Waals surface area contributed by atoms with Crippen LogP contribution in [0, 0.1) is 11.6 Å². The van der Waals surface area contributed by atoms with E-state index in [1.165, 1.54) is 19.4 Å². The normalized spacial score (nSPS) is 12.0. The van der Waals surface area contributed by atoms with Gasteiger partial charge in [-0.1, -0.05) is 6.07 Å². The highest BCUT2D eigenvalue weighted by molar-refractivity contribution is 5.89. The number of rotatable bonds is 5. The Balaban J connectivity index is 1.93. The van der Waals surface area contributed by atoms with Crippen LogP contribution in [-0.2, 0) is 4.74 Å². The molecule has 112 valence electrons. The van der Waals surface area contributed by atoms with Gasteiger partial charge in [-0.2, -0.15) is 0 Å². The van der Waals surface area contributed by atoms with Crippen LogP contribution in [0.3, 0.4) is 0 Å². The molecule has 5 nitrogen and oxygen atoms in total. The quantitative estimate of drug-likeness (QED) is 0.891. The summed E-state index contributed by atoms with van der Waals surface area (Å²) in [6.07, 6.45) is 0.993. The van der Waals surface area contributed by atoms with Crippen molar-refractivity contribution in [2.45, 2.75) is 6.10 Å². The average Bonchev–Trinajstić information content (AvgIpc) is 2.98. The predicted octanol–water partition coefficient (Wildman–Crippen LogP) is 3.07. The maximum atomic E-state index is 13.4. The Morgan fingerprint density at radius 1 is 1.29 bits per heavy atom. The number of para-hydroxylation sites is 1. The van der Waals surface area contributed by atoms with Gasteiger partial charge in [-0.15, -0.1) is 0 Å². The molecule has 0 unspecified atom stereocenters. The van der Waals surface area contributed by atoms with Crippen molar-refractivity contribution in [1.82, 2.24) is 5.32 Å². The molecule has 1 aromatic carbocycles. The Bertz CT molecular complexity index is 582. The van der Waals surface area contributed by atoms with E-state index in [0.717, 1.165) is 12.1 Å². The summed E-state index contributed by atoms with van der Waals surface area (Å²) in [4.78, 5) is 11.7. The van der Waals surface area contributed by atoms with Gasteiger partial charge in [-0.05, 0) is 24.3 Å². The molecule has 0 aliphatic rings. The molecular formula is C14H14F2N2O3. The number of methoxy groups -OCH3 is 1. The third kappa shape index (κ3) is 3.79. The van der Waals surface area contributed by atoms with Crippen molar-refractivity contribution in [2.75, 3.05) is 19.0 Å². The second-order valence-electron chi connectivity index (χ2n) is 4.17. The van der Waals surface area contributed by atoms with Crippen molar-refractivity contribution in [3.05, 3.63) is 54.0 Å². The van der Waals surface area contributed by atoms with Gasteiger partial charge in [-0.3, -0.25) is 0 Å². The molecule has 0 spiro atoms. The molecule has 0 saturated carbocycles. The minimum absolute atomic E-state index is 0.0892. The molecule has 1 atom stereocenters. The third-order valence-corrected chi connectivity index (χ3v) is 2.79. The molecule has 0 radical (unpaired) electrons. The van der Waals surface area contributed by atoms with Crippen molar-refractivity contribution in [2.24, 2.45) is 0 Å². The van der Waals surface area contributed by atoms with E-state index in [0.29, 0.717) is 5.76 Å². The fourth-order valence-electron chi connectivity index (χ4n) is 1.73. The van der Waals surface area contributed by atoms with E-state index in [-0.39, 0.29) is 6.54 Å². The number of carbonyl (C=O) groups is 1. The van der Waals surface area contributed by atoms with Crippen LogP contribution < -0.4 is 10.6 Å². The lowest BCUT2D eigenvalue weighted by molar-refractivity contribution is 0.0855. The van der Waals surface area contributed by atoms with Crippen LogP contribution in [0.2, 0.25) is 0 Å².